The van der Waals surface area contributed by atoms with Gasteiger partial charge in [-0.2, -0.15) is 4.98 Å². The number of nitro groups is 1. The maximum absolute atomic E-state index is 10.3. The molecule has 78 valence electrons. The van der Waals surface area contributed by atoms with Crippen LogP contribution in [0.4, 0.5) is 5.88 Å². The molecule has 0 amide bonds. The van der Waals surface area contributed by atoms with Gasteiger partial charge in [-0.1, -0.05) is 5.16 Å². The van der Waals surface area contributed by atoms with Gasteiger partial charge in [0.05, 0.1) is 11.9 Å². The first-order valence-corrected chi connectivity index (χ1v) is 4.37. The predicted octanol–water partition coefficient (Wildman–Crippen LogP) is 1.98. The Labute approximate surface area is 87.8 Å². The normalized spacial score (nSPS) is 10.5. The lowest BCUT2D eigenvalue weighted by Gasteiger charge is -1.83. The van der Waals surface area contributed by atoms with E-state index in [4.69, 9.17) is 20.5 Å². The van der Waals surface area contributed by atoms with Gasteiger partial charge in [0.15, 0.2) is 11.6 Å². The molecule has 0 N–H and O–H groups in total. The van der Waals surface area contributed by atoms with E-state index in [1.807, 2.05) is 0 Å². The summed E-state index contributed by atoms with van der Waals surface area (Å²) in [6.45, 7) is 0. The van der Waals surface area contributed by atoms with Gasteiger partial charge < -0.3 is 8.94 Å². The first-order chi connectivity index (χ1) is 7.20. The van der Waals surface area contributed by atoms with E-state index in [2.05, 4.69) is 10.1 Å². The highest BCUT2D eigenvalue weighted by Crippen LogP contribution is 2.24. The summed E-state index contributed by atoms with van der Waals surface area (Å²) in [4.78, 5) is 13.5. The van der Waals surface area contributed by atoms with Crippen LogP contribution in [0.3, 0.4) is 0 Å². The van der Waals surface area contributed by atoms with Crippen LogP contribution in [0, 0.1) is 10.1 Å². The molecule has 0 fully saturated rings. The molecule has 2 aromatic rings. The third-order valence-electron chi connectivity index (χ3n) is 1.57. The fraction of sp³-hybridized carbons (Fsp3) is 0.143. The van der Waals surface area contributed by atoms with Crippen LogP contribution in [-0.4, -0.2) is 15.1 Å². The molecule has 2 rings (SSSR count). The van der Waals surface area contributed by atoms with Crippen molar-refractivity contribution in [3.05, 3.63) is 28.1 Å². The second kappa shape index (κ2) is 3.70. The van der Waals surface area contributed by atoms with Gasteiger partial charge in [-0.25, -0.2) is 0 Å². The van der Waals surface area contributed by atoms with Crippen LogP contribution < -0.4 is 0 Å². The Hall–Kier alpha value is -1.89. The highest BCUT2D eigenvalue weighted by molar-refractivity contribution is 6.16. The number of alkyl halides is 1. The Kier molecular flexibility index (Phi) is 2.38. The van der Waals surface area contributed by atoms with Crippen LogP contribution >= 0.6 is 11.6 Å². The van der Waals surface area contributed by atoms with Crippen molar-refractivity contribution < 1.29 is 13.9 Å². The van der Waals surface area contributed by atoms with Crippen molar-refractivity contribution in [3.8, 4) is 11.7 Å². The summed E-state index contributed by atoms with van der Waals surface area (Å²) < 4.78 is 9.62. The molecular weight excluding hydrogens is 226 g/mol. The minimum absolute atomic E-state index is 0.0683. The number of nitrogens with zero attached hydrogens (tertiary/aromatic N) is 3. The molecule has 0 aliphatic heterocycles. The minimum Gasteiger partial charge on any atom is -0.395 e. The molecule has 0 spiro atoms. The van der Waals surface area contributed by atoms with E-state index in [-0.39, 0.29) is 23.4 Å². The molecule has 2 heterocycles. The smallest absolute Gasteiger partial charge is 0.395 e. The average Bonchev–Trinajstić information content (AvgIpc) is 2.86. The number of furan rings is 1. The van der Waals surface area contributed by atoms with Crippen molar-refractivity contribution in [2.45, 2.75) is 5.88 Å². The van der Waals surface area contributed by atoms with Gasteiger partial charge in [-0.15, -0.1) is 11.6 Å². The summed E-state index contributed by atoms with van der Waals surface area (Å²) >= 11 is 5.46. The molecule has 0 atom stereocenters. The monoisotopic (exact) mass is 229 g/mol. The number of hydrogen-bond donors (Lipinski definition) is 0. The van der Waals surface area contributed by atoms with Crippen LogP contribution in [-0.2, 0) is 5.88 Å². The molecule has 0 saturated carbocycles. The van der Waals surface area contributed by atoms with E-state index >= 15 is 0 Å². The molecule has 0 aliphatic rings. The lowest BCUT2D eigenvalue weighted by Crippen LogP contribution is -1.83. The van der Waals surface area contributed by atoms with E-state index in [9.17, 15) is 10.1 Å². The number of halogens is 1. The van der Waals surface area contributed by atoms with Crippen molar-refractivity contribution in [2.75, 3.05) is 0 Å². The molecule has 15 heavy (non-hydrogen) atoms. The van der Waals surface area contributed by atoms with Crippen LogP contribution in [0.25, 0.3) is 11.7 Å². The van der Waals surface area contributed by atoms with Crippen LogP contribution in [0.15, 0.2) is 21.1 Å². The summed E-state index contributed by atoms with van der Waals surface area (Å²) in [5.41, 5.74) is 0. The van der Waals surface area contributed by atoms with Gasteiger partial charge in [0.25, 0.3) is 5.89 Å². The Morgan fingerprint density at radius 1 is 1.53 bits per heavy atom. The second-order valence-corrected chi connectivity index (χ2v) is 2.81. The van der Waals surface area contributed by atoms with E-state index < -0.39 is 4.92 Å². The Bertz CT molecular complexity index is 492. The predicted molar refractivity (Wildman–Crippen MR) is 48.2 cm³/mol. The molecule has 2 aromatic heterocycles. The largest absolute Gasteiger partial charge is 0.433 e. The summed E-state index contributed by atoms with van der Waals surface area (Å²) in [7, 11) is 0. The molecule has 8 heteroatoms. The molecule has 0 bridgehead atoms. The average molecular weight is 230 g/mol. The molecular formula is C7H4ClN3O4. The fourth-order valence-corrected chi connectivity index (χ4v) is 1.06. The summed E-state index contributed by atoms with van der Waals surface area (Å²) in [5.74, 6) is 0.234. The zero-order valence-corrected chi connectivity index (χ0v) is 7.97. The molecule has 7 nitrogen and oxygen atoms in total. The zero-order chi connectivity index (χ0) is 10.8. The second-order valence-electron chi connectivity index (χ2n) is 2.54. The highest BCUT2D eigenvalue weighted by Gasteiger charge is 2.17. The molecule has 0 radical (unpaired) electrons. The van der Waals surface area contributed by atoms with Crippen molar-refractivity contribution in [1.29, 1.82) is 0 Å². The van der Waals surface area contributed by atoms with E-state index in [0.717, 1.165) is 0 Å². The highest BCUT2D eigenvalue weighted by atomic mass is 35.5. The first-order valence-electron chi connectivity index (χ1n) is 3.84. The van der Waals surface area contributed by atoms with Gasteiger partial charge in [0.2, 0.25) is 0 Å². The van der Waals surface area contributed by atoms with Gasteiger partial charge in [0.1, 0.15) is 4.92 Å². The van der Waals surface area contributed by atoms with E-state index in [0.29, 0.717) is 5.82 Å². The Morgan fingerprint density at radius 2 is 2.33 bits per heavy atom. The SMILES string of the molecule is O=[N+]([O-])c1ccc(-c2nc(CCl)no2)o1. The standard InChI is InChI=1S/C7H4ClN3O4/c8-3-5-9-7(15-10-5)4-1-2-6(14-4)11(12)13/h1-2H,3H2. The van der Waals surface area contributed by atoms with Crippen LogP contribution in [0.2, 0.25) is 0 Å². The van der Waals surface area contributed by atoms with E-state index in [1.165, 1.54) is 12.1 Å². The summed E-state index contributed by atoms with van der Waals surface area (Å²) in [6.07, 6.45) is 0. The van der Waals surface area contributed by atoms with Gasteiger partial charge in [-0.3, -0.25) is 10.1 Å². The van der Waals surface area contributed by atoms with Crippen LogP contribution in [0.5, 0.6) is 0 Å². The topological polar surface area (TPSA) is 95.2 Å². The number of aromatic nitrogens is 2. The van der Waals surface area contributed by atoms with Crippen molar-refractivity contribution in [3.63, 3.8) is 0 Å². The maximum atomic E-state index is 10.3. The van der Waals surface area contributed by atoms with Crippen molar-refractivity contribution in [2.24, 2.45) is 0 Å². The van der Waals surface area contributed by atoms with Crippen molar-refractivity contribution >= 4 is 17.5 Å². The maximum Gasteiger partial charge on any atom is 0.433 e. The van der Waals surface area contributed by atoms with Crippen molar-refractivity contribution in [1.82, 2.24) is 10.1 Å². The summed E-state index contributed by atoms with van der Waals surface area (Å²) in [5, 5.41) is 13.8. The lowest BCUT2D eigenvalue weighted by atomic mass is 10.4. The number of rotatable bonds is 3. The molecule has 0 aromatic carbocycles. The van der Waals surface area contributed by atoms with Gasteiger partial charge in [0, 0.05) is 0 Å². The minimum atomic E-state index is -0.650. The Morgan fingerprint density at radius 3 is 2.87 bits per heavy atom. The summed E-state index contributed by atoms with van der Waals surface area (Å²) in [6, 6.07) is 2.59. The molecule has 0 aliphatic carbocycles. The zero-order valence-electron chi connectivity index (χ0n) is 7.21. The lowest BCUT2D eigenvalue weighted by molar-refractivity contribution is -0.401. The Balaban J connectivity index is 2.32. The van der Waals surface area contributed by atoms with Gasteiger partial charge in [-0.05, 0) is 6.07 Å². The number of hydrogen-bond acceptors (Lipinski definition) is 6. The molecule has 0 saturated heterocycles. The quantitative estimate of drug-likeness (QED) is 0.454. The van der Waals surface area contributed by atoms with Crippen LogP contribution in [0.1, 0.15) is 5.82 Å². The third kappa shape index (κ3) is 1.82. The molecule has 0 unspecified atom stereocenters. The first kappa shape index (κ1) is 9.66. The van der Waals surface area contributed by atoms with Gasteiger partial charge >= 0.3 is 5.88 Å². The third-order valence-corrected chi connectivity index (χ3v) is 1.81. The van der Waals surface area contributed by atoms with E-state index in [1.54, 1.807) is 0 Å². The fourth-order valence-electron chi connectivity index (χ4n) is 0.949.